The van der Waals surface area contributed by atoms with Gasteiger partial charge in [0.05, 0.1) is 0 Å². The molecule has 6 heteroatoms. The maximum absolute atomic E-state index is 11.8. The SMILES string of the molecule is COP(=O)(NC1CNCCC1C)OC. The van der Waals surface area contributed by atoms with E-state index in [-0.39, 0.29) is 6.04 Å². The van der Waals surface area contributed by atoms with Gasteiger partial charge in [0, 0.05) is 26.8 Å². The Morgan fingerprint density at radius 1 is 1.43 bits per heavy atom. The van der Waals surface area contributed by atoms with Gasteiger partial charge in [-0.2, -0.15) is 0 Å². The van der Waals surface area contributed by atoms with Gasteiger partial charge >= 0.3 is 7.75 Å². The van der Waals surface area contributed by atoms with Gasteiger partial charge in [-0.05, 0) is 18.9 Å². The fourth-order valence-corrected chi connectivity index (χ4v) is 2.66. The first-order valence-electron chi connectivity index (χ1n) is 4.81. The van der Waals surface area contributed by atoms with E-state index in [0.29, 0.717) is 5.92 Å². The maximum atomic E-state index is 11.8. The standard InChI is InChI=1S/C8H19N2O3P/c1-7-4-5-9-6-8(7)10-14(11,12-2)13-3/h7-9H,4-6H2,1-3H3,(H,10,11). The normalized spacial score (nSPS) is 29.1. The molecule has 1 rings (SSSR count). The first kappa shape index (κ1) is 12.1. The fourth-order valence-electron chi connectivity index (χ4n) is 1.55. The number of nitrogens with one attached hydrogen (secondary N) is 2. The molecule has 0 saturated carbocycles. The van der Waals surface area contributed by atoms with Gasteiger partial charge in [0.2, 0.25) is 0 Å². The van der Waals surface area contributed by atoms with Crippen LogP contribution in [0.25, 0.3) is 0 Å². The van der Waals surface area contributed by atoms with Crippen molar-refractivity contribution in [3.05, 3.63) is 0 Å². The molecule has 0 aromatic carbocycles. The number of hydrogen-bond acceptors (Lipinski definition) is 4. The monoisotopic (exact) mass is 222 g/mol. The van der Waals surface area contributed by atoms with E-state index in [4.69, 9.17) is 9.05 Å². The molecule has 1 fully saturated rings. The highest BCUT2D eigenvalue weighted by molar-refractivity contribution is 7.51. The zero-order valence-corrected chi connectivity index (χ0v) is 9.84. The Morgan fingerprint density at radius 2 is 2.07 bits per heavy atom. The summed E-state index contributed by atoms with van der Waals surface area (Å²) in [5.41, 5.74) is 0. The maximum Gasteiger partial charge on any atom is 0.405 e. The van der Waals surface area contributed by atoms with Crippen LogP contribution < -0.4 is 10.4 Å². The molecule has 0 aromatic rings. The molecule has 1 aliphatic heterocycles. The molecule has 1 heterocycles. The zero-order chi connectivity index (χ0) is 10.6. The minimum Gasteiger partial charge on any atom is -0.315 e. The van der Waals surface area contributed by atoms with Crippen molar-refractivity contribution < 1.29 is 13.6 Å². The third kappa shape index (κ3) is 3.04. The van der Waals surface area contributed by atoms with E-state index in [1.165, 1.54) is 14.2 Å². The Kier molecular flexibility index (Phi) is 4.54. The van der Waals surface area contributed by atoms with Gasteiger partial charge in [-0.1, -0.05) is 6.92 Å². The van der Waals surface area contributed by atoms with Crippen LogP contribution in [0.1, 0.15) is 13.3 Å². The molecule has 0 aliphatic carbocycles. The van der Waals surface area contributed by atoms with Crippen molar-refractivity contribution in [2.24, 2.45) is 5.92 Å². The van der Waals surface area contributed by atoms with Crippen LogP contribution in [-0.2, 0) is 13.6 Å². The smallest absolute Gasteiger partial charge is 0.315 e. The predicted molar refractivity (Wildman–Crippen MR) is 55.2 cm³/mol. The van der Waals surface area contributed by atoms with Gasteiger partial charge in [0.25, 0.3) is 0 Å². The quantitative estimate of drug-likeness (QED) is 0.694. The highest BCUT2D eigenvalue weighted by Gasteiger charge is 2.30. The molecule has 5 nitrogen and oxygen atoms in total. The summed E-state index contributed by atoms with van der Waals surface area (Å²) in [6.45, 7) is 3.95. The summed E-state index contributed by atoms with van der Waals surface area (Å²) >= 11 is 0. The number of rotatable bonds is 4. The summed E-state index contributed by atoms with van der Waals surface area (Å²) in [5.74, 6) is 0.481. The van der Waals surface area contributed by atoms with Gasteiger partial charge in [-0.3, -0.25) is 0 Å². The van der Waals surface area contributed by atoms with E-state index in [1.54, 1.807) is 0 Å². The van der Waals surface area contributed by atoms with Gasteiger partial charge in [-0.25, -0.2) is 9.65 Å². The van der Waals surface area contributed by atoms with E-state index >= 15 is 0 Å². The first-order chi connectivity index (χ1) is 6.61. The summed E-state index contributed by atoms with van der Waals surface area (Å²) < 4.78 is 21.4. The first-order valence-corrected chi connectivity index (χ1v) is 6.35. The van der Waals surface area contributed by atoms with E-state index in [0.717, 1.165) is 19.5 Å². The molecular formula is C8H19N2O3P. The molecule has 0 bridgehead atoms. The van der Waals surface area contributed by atoms with Crippen LogP contribution in [-0.4, -0.2) is 33.4 Å². The number of piperidine rings is 1. The van der Waals surface area contributed by atoms with Crippen LogP contribution in [0.15, 0.2) is 0 Å². The van der Waals surface area contributed by atoms with Crippen LogP contribution >= 0.6 is 7.75 Å². The molecule has 2 atom stereocenters. The van der Waals surface area contributed by atoms with E-state index in [1.807, 2.05) is 0 Å². The molecule has 1 aliphatic rings. The van der Waals surface area contributed by atoms with Crippen LogP contribution in [0.2, 0.25) is 0 Å². The Balaban J connectivity index is 2.52. The summed E-state index contributed by atoms with van der Waals surface area (Å²) in [6, 6.07) is 0.148. The molecule has 2 unspecified atom stereocenters. The van der Waals surface area contributed by atoms with Crippen LogP contribution in [0, 0.1) is 5.92 Å². The minimum absolute atomic E-state index is 0.148. The van der Waals surface area contributed by atoms with Crippen molar-refractivity contribution in [2.45, 2.75) is 19.4 Å². The largest absolute Gasteiger partial charge is 0.405 e. The van der Waals surface area contributed by atoms with Crippen molar-refractivity contribution >= 4 is 7.75 Å². The summed E-state index contributed by atoms with van der Waals surface area (Å²) in [6.07, 6.45) is 1.07. The van der Waals surface area contributed by atoms with Crippen LogP contribution in [0.3, 0.4) is 0 Å². The highest BCUT2D eigenvalue weighted by atomic mass is 31.2. The molecule has 2 N–H and O–H groups in total. The topological polar surface area (TPSA) is 59.6 Å². The fraction of sp³-hybridized carbons (Fsp3) is 1.00. The van der Waals surface area contributed by atoms with Crippen molar-refractivity contribution in [1.29, 1.82) is 0 Å². The van der Waals surface area contributed by atoms with Crippen molar-refractivity contribution in [2.75, 3.05) is 27.3 Å². The second kappa shape index (κ2) is 5.24. The third-order valence-corrected chi connectivity index (χ3v) is 4.24. The van der Waals surface area contributed by atoms with Crippen molar-refractivity contribution in [3.63, 3.8) is 0 Å². The average Bonchev–Trinajstić information content (AvgIpc) is 2.21. The highest BCUT2D eigenvalue weighted by Crippen LogP contribution is 2.42. The van der Waals surface area contributed by atoms with Gasteiger partial charge in [-0.15, -0.1) is 0 Å². The van der Waals surface area contributed by atoms with Crippen LogP contribution in [0.4, 0.5) is 0 Å². The van der Waals surface area contributed by atoms with E-state index in [2.05, 4.69) is 17.3 Å². The number of hydrogen-bond donors (Lipinski definition) is 2. The summed E-state index contributed by atoms with van der Waals surface area (Å²) in [4.78, 5) is 0. The van der Waals surface area contributed by atoms with Crippen molar-refractivity contribution in [3.8, 4) is 0 Å². The Labute approximate surface area is 85.1 Å². The molecule has 0 spiro atoms. The lowest BCUT2D eigenvalue weighted by Crippen LogP contribution is -2.47. The predicted octanol–water partition coefficient (Wildman–Crippen LogP) is 0.975. The van der Waals surface area contributed by atoms with Gasteiger partial charge in [0.1, 0.15) is 0 Å². The minimum atomic E-state index is -3.08. The average molecular weight is 222 g/mol. The van der Waals surface area contributed by atoms with Gasteiger partial charge in [0.15, 0.2) is 0 Å². The van der Waals surface area contributed by atoms with Crippen LogP contribution in [0.5, 0.6) is 0 Å². The van der Waals surface area contributed by atoms with E-state index < -0.39 is 7.75 Å². The Bertz CT molecular complexity index is 217. The molecule has 0 amide bonds. The molecule has 84 valence electrons. The second-order valence-corrected chi connectivity index (χ2v) is 5.55. The Hall–Kier alpha value is 0.0700. The van der Waals surface area contributed by atoms with Crippen molar-refractivity contribution in [1.82, 2.24) is 10.4 Å². The molecule has 1 saturated heterocycles. The zero-order valence-electron chi connectivity index (χ0n) is 8.95. The lowest BCUT2D eigenvalue weighted by atomic mass is 9.96. The Morgan fingerprint density at radius 3 is 2.57 bits per heavy atom. The second-order valence-electron chi connectivity index (χ2n) is 3.57. The lowest BCUT2D eigenvalue weighted by Gasteiger charge is -2.31. The molecule has 0 aromatic heterocycles. The molecule has 14 heavy (non-hydrogen) atoms. The van der Waals surface area contributed by atoms with Gasteiger partial charge < -0.3 is 14.4 Å². The summed E-state index contributed by atoms with van der Waals surface area (Å²) in [7, 11) is -0.303. The molecular weight excluding hydrogens is 203 g/mol. The third-order valence-electron chi connectivity index (χ3n) is 2.63. The molecule has 0 radical (unpaired) electrons. The summed E-state index contributed by atoms with van der Waals surface area (Å²) in [5, 5.41) is 6.17. The van der Waals surface area contributed by atoms with E-state index in [9.17, 15) is 4.57 Å². The lowest BCUT2D eigenvalue weighted by molar-refractivity contribution is 0.239.